The van der Waals surface area contributed by atoms with Gasteiger partial charge in [-0.15, -0.1) is 0 Å². The lowest BCUT2D eigenvalue weighted by atomic mass is 9.95. The Kier molecular flexibility index (Phi) is 6.97. The van der Waals surface area contributed by atoms with Crippen LogP contribution in [0.25, 0.3) is 0 Å². The number of hydrogen-bond acceptors (Lipinski definition) is 7. The number of carbonyl (C=O) groups is 3. The van der Waals surface area contributed by atoms with Crippen molar-refractivity contribution in [3.8, 4) is 0 Å². The minimum absolute atomic E-state index is 0.226. The summed E-state index contributed by atoms with van der Waals surface area (Å²) in [6.45, 7) is 1.81. The maximum absolute atomic E-state index is 12.8. The van der Waals surface area contributed by atoms with Crippen LogP contribution in [-0.4, -0.2) is 60.0 Å². The zero-order valence-corrected chi connectivity index (χ0v) is 19.9. The van der Waals surface area contributed by atoms with Crippen LogP contribution in [0.5, 0.6) is 0 Å². The van der Waals surface area contributed by atoms with E-state index < -0.39 is 28.7 Å². The Balaban J connectivity index is 1.31. The number of H-pyrrole nitrogens is 2. The van der Waals surface area contributed by atoms with Crippen molar-refractivity contribution in [2.75, 3.05) is 31.6 Å². The number of halogens is 1. The molecule has 2 aliphatic rings. The zero-order chi connectivity index (χ0) is 25.2. The van der Waals surface area contributed by atoms with Gasteiger partial charge in [-0.05, 0) is 43.7 Å². The fourth-order valence-corrected chi connectivity index (χ4v) is 4.51. The number of nitrogens with zero attached hydrogens (tertiary/aromatic N) is 1. The number of aromatic nitrogens is 2. The molecule has 1 saturated heterocycles. The molecule has 2 aromatic rings. The average Bonchev–Trinajstić information content (AvgIpc) is 3.62. The zero-order valence-electron chi connectivity index (χ0n) is 19.1. The monoisotopic (exact) mass is 503 g/mol. The maximum atomic E-state index is 12.8. The van der Waals surface area contributed by atoms with Crippen molar-refractivity contribution in [3.63, 3.8) is 0 Å². The smallest absolute Gasteiger partial charge is 0.341 e. The minimum atomic E-state index is -1.05. The molecule has 0 radical (unpaired) electrons. The van der Waals surface area contributed by atoms with E-state index in [0.29, 0.717) is 43.1 Å². The Bertz CT molecular complexity index is 1260. The summed E-state index contributed by atoms with van der Waals surface area (Å²) in [5.74, 6) is -1.27. The number of aromatic amines is 2. The van der Waals surface area contributed by atoms with E-state index in [0.717, 1.165) is 24.7 Å². The van der Waals surface area contributed by atoms with Crippen molar-refractivity contribution in [1.29, 1.82) is 0 Å². The lowest BCUT2D eigenvalue weighted by Gasteiger charge is -2.35. The van der Waals surface area contributed by atoms with E-state index >= 15 is 0 Å². The molecule has 2 heterocycles. The van der Waals surface area contributed by atoms with E-state index in [1.165, 1.54) is 7.11 Å². The molecule has 1 aliphatic carbocycles. The molecular weight excluding hydrogens is 478 g/mol. The summed E-state index contributed by atoms with van der Waals surface area (Å²) >= 11 is 6.24. The third-order valence-electron chi connectivity index (χ3n) is 6.49. The molecule has 186 valence electrons. The molecular formula is C23H26ClN5O6. The number of ether oxygens (including phenoxy) is 1. The normalized spacial score (nSPS) is 16.9. The van der Waals surface area contributed by atoms with Crippen LogP contribution in [0.4, 0.5) is 5.69 Å². The quantitative estimate of drug-likeness (QED) is 0.407. The Hall–Kier alpha value is -3.60. The first-order chi connectivity index (χ1) is 16.7. The summed E-state index contributed by atoms with van der Waals surface area (Å²) in [6, 6.07) is 5.28. The SMILES string of the molecule is COC(=O)c1c(Cl)cccc1N1CCC(CNC(=O)C2(NC(=O)c3c[nH]c(=O)[nH]c3=O)CC2)CC1. The maximum Gasteiger partial charge on any atom is 0.341 e. The van der Waals surface area contributed by atoms with Crippen LogP contribution >= 0.6 is 11.6 Å². The molecule has 12 heteroatoms. The Morgan fingerprint density at radius 3 is 2.54 bits per heavy atom. The number of esters is 1. The first-order valence-electron chi connectivity index (χ1n) is 11.3. The molecule has 0 spiro atoms. The predicted octanol–water partition coefficient (Wildman–Crippen LogP) is 0.798. The van der Waals surface area contributed by atoms with Crippen LogP contribution in [0.1, 0.15) is 46.4 Å². The van der Waals surface area contributed by atoms with Crippen molar-refractivity contribution in [2.45, 2.75) is 31.2 Å². The largest absolute Gasteiger partial charge is 0.465 e. The lowest BCUT2D eigenvalue weighted by Crippen LogP contribution is -2.51. The van der Waals surface area contributed by atoms with Gasteiger partial charge in [0.25, 0.3) is 11.5 Å². The van der Waals surface area contributed by atoms with Crippen LogP contribution in [-0.2, 0) is 9.53 Å². The van der Waals surface area contributed by atoms with Gasteiger partial charge in [-0.25, -0.2) is 9.59 Å². The number of rotatable bonds is 7. The highest BCUT2D eigenvalue weighted by molar-refractivity contribution is 6.34. The molecule has 2 amide bonds. The highest BCUT2D eigenvalue weighted by Crippen LogP contribution is 2.36. The molecule has 4 N–H and O–H groups in total. The molecule has 35 heavy (non-hydrogen) atoms. The molecule has 1 aromatic heterocycles. The van der Waals surface area contributed by atoms with Crippen LogP contribution in [0.2, 0.25) is 5.02 Å². The van der Waals surface area contributed by atoms with Gasteiger partial charge in [0.2, 0.25) is 5.91 Å². The third-order valence-corrected chi connectivity index (χ3v) is 6.80. The number of methoxy groups -OCH3 is 1. The van der Waals surface area contributed by atoms with Crippen LogP contribution in [0.15, 0.2) is 34.0 Å². The third kappa shape index (κ3) is 5.24. The molecule has 0 bridgehead atoms. The fourth-order valence-electron chi connectivity index (χ4n) is 4.26. The summed E-state index contributed by atoms with van der Waals surface area (Å²) < 4.78 is 4.88. The molecule has 1 saturated carbocycles. The van der Waals surface area contributed by atoms with Gasteiger partial charge in [-0.3, -0.25) is 19.4 Å². The van der Waals surface area contributed by atoms with E-state index in [-0.39, 0.29) is 17.4 Å². The van der Waals surface area contributed by atoms with Gasteiger partial charge in [0.15, 0.2) is 0 Å². The summed E-state index contributed by atoms with van der Waals surface area (Å²) in [5, 5.41) is 5.89. The highest BCUT2D eigenvalue weighted by Gasteiger charge is 2.51. The topological polar surface area (TPSA) is 153 Å². The van der Waals surface area contributed by atoms with Crippen LogP contribution in [0, 0.1) is 5.92 Å². The molecule has 1 aliphatic heterocycles. The Labute approximate surface area is 205 Å². The second-order valence-electron chi connectivity index (χ2n) is 8.79. The molecule has 0 unspecified atom stereocenters. The molecule has 0 atom stereocenters. The number of benzene rings is 1. The highest BCUT2D eigenvalue weighted by atomic mass is 35.5. The van der Waals surface area contributed by atoms with Crippen molar-refractivity contribution >= 4 is 35.1 Å². The average molecular weight is 504 g/mol. The van der Waals surface area contributed by atoms with Crippen molar-refractivity contribution in [3.05, 3.63) is 61.4 Å². The standard InChI is InChI=1S/C23H26ClN5O6/c1-35-20(32)17-15(24)3-2-4-16(17)29-9-5-13(6-10-29)11-25-21(33)23(7-8-23)28-19(31)14-12-26-22(34)27-18(14)30/h2-4,12-13H,5-11H2,1H3,(H,25,33)(H,28,31)(H2,26,27,30,34). The van der Waals surface area contributed by atoms with E-state index in [1.807, 2.05) is 11.1 Å². The van der Waals surface area contributed by atoms with Gasteiger partial charge in [0, 0.05) is 25.8 Å². The Morgan fingerprint density at radius 2 is 1.91 bits per heavy atom. The number of nitrogens with one attached hydrogen (secondary N) is 4. The number of amides is 2. The summed E-state index contributed by atoms with van der Waals surface area (Å²) in [5.41, 5.74) is -1.77. The lowest BCUT2D eigenvalue weighted by molar-refractivity contribution is -0.124. The summed E-state index contributed by atoms with van der Waals surface area (Å²) in [7, 11) is 1.32. The van der Waals surface area contributed by atoms with Crippen molar-refractivity contribution in [2.24, 2.45) is 5.92 Å². The molecule has 4 rings (SSSR count). The molecule has 2 fully saturated rings. The fraction of sp³-hybridized carbons (Fsp3) is 0.435. The van der Waals surface area contributed by atoms with Gasteiger partial charge in [0.05, 0.1) is 17.8 Å². The minimum Gasteiger partial charge on any atom is -0.465 e. The number of piperidine rings is 1. The van der Waals surface area contributed by atoms with E-state index in [2.05, 4.69) is 20.5 Å². The van der Waals surface area contributed by atoms with Crippen molar-refractivity contribution < 1.29 is 19.1 Å². The predicted molar refractivity (Wildman–Crippen MR) is 128 cm³/mol. The molecule has 11 nitrogen and oxygen atoms in total. The Morgan fingerprint density at radius 1 is 1.20 bits per heavy atom. The van der Waals surface area contributed by atoms with E-state index in [1.54, 1.807) is 12.1 Å². The number of hydrogen-bond donors (Lipinski definition) is 4. The van der Waals surface area contributed by atoms with Crippen LogP contribution in [0.3, 0.4) is 0 Å². The van der Waals surface area contributed by atoms with Gasteiger partial charge in [0.1, 0.15) is 16.7 Å². The van der Waals surface area contributed by atoms with Gasteiger partial charge in [-0.2, -0.15) is 0 Å². The number of anilines is 1. The van der Waals surface area contributed by atoms with E-state index in [4.69, 9.17) is 16.3 Å². The van der Waals surface area contributed by atoms with Gasteiger partial charge < -0.3 is 25.3 Å². The van der Waals surface area contributed by atoms with Crippen molar-refractivity contribution in [1.82, 2.24) is 20.6 Å². The molecule has 1 aromatic carbocycles. The van der Waals surface area contributed by atoms with E-state index in [9.17, 15) is 24.0 Å². The first kappa shape index (κ1) is 24.5. The van der Waals surface area contributed by atoms with Gasteiger partial charge in [-0.1, -0.05) is 17.7 Å². The second kappa shape index (κ2) is 9.95. The second-order valence-corrected chi connectivity index (χ2v) is 9.20. The first-order valence-corrected chi connectivity index (χ1v) is 11.7. The van der Waals surface area contributed by atoms with Gasteiger partial charge >= 0.3 is 11.7 Å². The summed E-state index contributed by atoms with van der Waals surface area (Å²) in [4.78, 5) is 66.8. The number of carbonyl (C=O) groups excluding carboxylic acids is 3. The van der Waals surface area contributed by atoms with Crippen LogP contribution < -0.4 is 26.8 Å². The summed E-state index contributed by atoms with van der Waals surface area (Å²) in [6.07, 6.45) is 3.55.